The lowest BCUT2D eigenvalue weighted by atomic mass is 10.2. The summed E-state index contributed by atoms with van der Waals surface area (Å²) in [4.78, 5) is 4.42. The number of aromatic hydroxyl groups is 1. The smallest absolute Gasteiger partial charge is 0.183 e. The zero-order chi connectivity index (χ0) is 10.8. The second-order valence-electron chi connectivity index (χ2n) is 3.95. The normalized spacial score (nSPS) is 11.1. The van der Waals surface area contributed by atoms with Gasteiger partial charge in [-0.2, -0.15) is 0 Å². The molecule has 0 aliphatic heterocycles. The number of phenolic OH excluding ortho intramolecular Hbond substituents is 1. The summed E-state index contributed by atoms with van der Waals surface area (Å²) < 4.78 is 1.02. The predicted octanol–water partition coefficient (Wildman–Crippen LogP) is 3.07. The van der Waals surface area contributed by atoms with Crippen LogP contribution < -0.4 is 5.32 Å². The molecule has 0 atom stereocenters. The largest absolute Gasteiger partial charge is 0.508 e. The van der Waals surface area contributed by atoms with E-state index in [1.165, 1.54) is 0 Å². The van der Waals surface area contributed by atoms with Gasteiger partial charge >= 0.3 is 0 Å². The summed E-state index contributed by atoms with van der Waals surface area (Å²) in [5.74, 6) is 0.895. The number of hydrogen-bond acceptors (Lipinski definition) is 4. The van der Waals surface area contributed by atoms with Crippen molar-refractivity contribution >= 4 is 26.7 Å². The van der Waals surface area contributed by atoms with E-state index in [0.29, 0.717) is 11.7 Å². The van der Waals surface area contributed by atoms with Gasteiger partial charge in [-0.15, -0.1) is 0 Å². The summed E-state index contributed by atoms with van der Waals surface area (Å²) in [5, 5.41) is 13.5. The first kappa shape index (κ1) is 10.2. The summed E-state index contributed by atoms with van der Waals surface area (Å²) >= 11 is 1.57. The third-order valence-electron chi connectivity index (χ3n) is 2.03. The van der Waals surface area contributed by atoms with Crippen LogP contribution in [0, 0.1) is 5.92 Å². The molecule has 2 aromatic rings. The van der Waals surface area contributed by atoms with Crippen LogP contribution in [-0.4, -0.2) is 16.6 Å². The zero-order valence-corrected chi connectivity index (χ0v) is 9.64. The van der Waals surface area contributed by atoms with E-state index in [9.17, 15) is 5.11 Å². The standard InChI is InChI=1S/C11H14N2OS/c1-7(2)6-12-11-13-9-4-3-8(14)5-10(9)15-11/h3-5,7,14H,6H2,1-2H3,(H,12,13). The van der Waals surface area contributed by atoms with Gasteiger partial charge in [-0.05, 0) is 24.1 Å². The molecule has 2 N–H and O–H groups in total. The number of rotatable bonds is 3. The van der Waals surface area contributed by atoms with E-state index in [0.717, 1.165) is 21.9 Å². The van der Waals surface area contributed by atoms with E-state index >= 15 is 0 Å². The average Bonchev–Trinajstić information content (AvgIpc) is 2.56. The molecule has 0 saturated carbocycles. The Morgan fingerprint density at radius 1 is 1.47 bits per heavy atom. The predicted molar refractivity (Wildman–Crippen MR) is 64.6 cm³/mol. The molecule has 1 aromatic heterocycles. The Kier molecular flexibility index (Phi) is 2.77. The second kappa shape index (κ2) is 4.06. The minimum absolute atomic E-state index is 0.293. The Hall–Kier alpha value is -1.29. The van der Waals surface area contributed by atoms with Crippen molar-refractivity contribution in [2.24, 2.45) is 5.92 Å². The van der Waals surface area contributed by atoms with Crippen LogP contribution in [0.3, 0.4) is 0 Å². The van der Waals surface area contributed by atoms with Crippen LogP contribution in [0.1, 0.15) is 13.8 Å². The van der Waals surface area contributed by atoms with Crippen molar-refractivity contribution < 1.29 is 5.11 Å². The van der Waals surface area contributed by atoms with Crippen molar-refractivity contribution in [3.63, 3.8) is 0 Å². The highest BCUT2D eigenvalue weighted by Crippen LogP contribution is 2.28. The summed E-state index contributed by atoms with van der Waals surface area (Å²) in [7, 11) is 0. The van der Waals surface area contributed by atoms with Crippen LogP contribution in [0.5, 0.6) is 5.75 Å². The van der Waals surface area contributed by atoms with Crippen LogP contribution in [0.2, 0.25) is 0 Å². The van der Waals surface area contributed by atoms with Gasteiger partial charge in [0.1, 0.15) is 5.75 Å². The van der Waals surface area contributed by atoms with E-state index < -0.39 is 0 Å². The lowest BCUT2D eigenvalue weighted by Gasteiger charge is -2.03. The lowest BCUT2D eigenvalue weighted by Crippen LogP contribution is -2.07. The lowest BCUT2D eigenvalue weighted by molar-refractivity contribution is 0.476. The first-order chi connectivity index (χ1) is 7.15. The molecule has 3 nitrogen and oxygen atoms in total. The fourth-order valence-electron chi connectivity index (χ4n) is 1.28. The molecule has 4 heteroatoms. The van der Waals surface area contributed by atoms with Crippen molar-refractivity contribution in [1.29, 1.82) is 0 Å². The first-order valence-corrected chi connectivity index (χ1v) is 5.80. The molecule has 0 aliphatic carbocycles. The van der Waals surface area contributed by atoms with Crippen molar-refractivity contribution in [2.45, 2.75) is 13.8 Å². The Morgan fingerprint density at radius 3 is 3.00 bits per heavy atom. The topological polar surface area (TPSA) is 45.2 Å². The first-order valence-electron chi connectivity index (χ1n) is 4.98. The molecule has 0 bridgehead atoms. The number of anilines is 1. The fraction of sp³-hybridized carbons (Fsp3) is 0.364. The summed E-state index contributed by atoms with van der Waals surface area (Å²) in [6.07, 6.45) is 0. The highest BCUT2D eigenvalue weighted by molar-refractivity contribution is 7.22. The summed E-state index contributed by atoms with van der Waals surface area (Å²) in [5.41, 5.74) is 0.934. The van der Waals surface area contributed by atoms with E-state index in [1.807, 2.05) is 6.07 Å². The monoisotopic (exact) mass is 222 g/mol. The SMILES string of the molecule is CC(C)CNc1nc2ccc(O)cc2s1. The molecule has 80 valence electrons. The van der Waals surface area contributed by atoms with Crippen molar-refractivity contribution in [3.05, 3.63) is 18.2 Å². The fourth-order valence-corrected chi connectivity index (χ4v) is 2.19. The third kappa shape index (κ3) is 2.39. The van der Waals surface area contributed by atoms with Gasteiger partial charge in [0.05, 0.1) is 10.2 Å². The summed E-state index contributed by atoms with van der Waals surface area (Å²) in [6, 6.07) is 5.24. The molecule has 0 saturated heterocycles. The van der Waals surface area contributed by atoms with Crippen LogP contribution in [0.25, 0.3) is 10.2 Å². The quantitative estimate of drug-likeness (QED) is 0.839. The molecule has 1 heterocycles. The van der Waals surface area contributed by atoms with Crippen LogP contribution in [0.15, 0.2) is 18.2 Å². The van der Waals surface area contributed by atoms with E-state index in [-0.39, 0.29) is 0 Å². The maximum atomic E-state index is 9.32. The molecule has 2 rings (SSSR count). The number of nitrogens with zero attached hydrogens (tertiary/aromatic N) is 1. The van der Waals surface area contributed by atoms with Crippen molar-refractivity contribution in [2.75, 3.05) is 11.9 Å². The van der Waals surface area contributed by atoms with E-state index in [4.69, 9.17) is 0 Å². The van der Waals surface area contributed by atoms with Crippen LogP contribution in [0.4, 0.5) is 5.13 Å². The maximum absolute atomic E-state index is 9.32. The van der Waals surface area contributed by atoms with Gasteiger partial charge < -0.3 is 10.4 Å². The molecule has 1 aromatic carbocycles. The number of hydrogen-bond donors (Lipinski definition) is 2. The average molecular weight is 222 g/mol. The third-order valence-corrected chi connectivity index (χ3v) is 3.01. The molecule has 0 aliphatic rings. The Labute approximate surface area is 92.8 Å². The van der Waals surface area contributed by atoms with Crippen LogP contribution >= 0.6 is 11.3 Å². The van der Waals surface area contributed by atoms with Gasteiger partial charge in [-0.1, -0.05) is 25.2 Å². The molecular formula is C11H14N2OS. The molecule has 0 unspecified atom stereocenters. The van der Waals surface area contributed by atoms with Gasteiger partial charge in [0.15, 0.2) is 5.13 Å². The highest BCUT2D eigenvalue weighted by Gasteiger charge is 2.04. The minimum Gasteiger partial charge on any atom is -0.508 e. The number of phenols is 1. The molecule has 0 radical (unpaired) electrons. The molecular weight excluding hydrogens is 208 g/mol. The van der Waals surface area contributed by atoms with Gasteiger partial charge in [0.2, 0.25) is 0 Å². The van der Waals surface area contributed by atoms with Gasteiger partial charge in [0.25, 0.3) is 0 Å². The van der Waals surface area contributed by atoms with Gasteiger partial charge in [0, 0.05) is 6.54 Å². The number of benzene rings is 1. The van der Waals surface area contributed by atoms with Crippen molar-refractivity contribution in [1.82, 2.24) is 4.98 Å². The Balaban J connectivity index is 2.23. The van der Waals surface area contributed by atoms with Crippen LogP contribution in [-0.2, 0) is 0 Å². The Morgan fingerprint density at radius 2 is 2.27 bits per heavy atom. The molecule has 0 spiro atoms. The van der Waals surface area contributed by atoms with Gasteiger partial charge in [-0.25, -0.2) is 4.98 Å². The Bertz CT molecular complexity index is 465. The van der Waals surface area contributed by atoms with Crippen molar-refractivity contribution in [3.8, 4) is 5.75 Å². The summed E-state index contributed by atoms with van der Waals surface area (Å²) in [6.45, 7) is 5.24. The number of nitrogens with one attached hydrogen (secondary N) is 1. The number of thiazole rings is 1. The minimum atomic E-state index is 0.293. The number of fused-ring (bicyclic) bond motifs is 1. The molecule has 15 heavy (non-hydrogen) atoms. The second-order valence-corrected chi connectivity index (χ2v) is 4.98. The highest BCUT2D eigenvalue weighted by atomic mass is 32.1. The molecule has 0 fully saturated rings. The maximum Gasteiger partial charge on any atom is 0.183 e. The zero-order valence-electron chi connectivity index (χ0n) is 8.82. The van der Waals surface area contributed by atoms with E-state index in [2.05, 4.69) is 24.1 Å². The van der Waals surface area contributed by atoms with E-state index in [1.54, 1.807) is 23.5 Å². The molecule has 0 amide bonds. The van der Waals surface area contributed by atoms with Gasteiger partial charge in [-0.3, -0.25) is 0 Å². The number of aromatic nitrogens is 1.